The van der Waals surface area contributed by atoms with Crippen LogP contribution in [0.25, 0.3) is 11.0 Å². The van der Waals surface area contributed by atoms with Gasteiger partial charge in [0, 0.05) is 21.9 Å². The molecule has 0 spiro atoms. The zero-order valence-corrected chi connectivity index (χ0v) is 11.3. The van der Waals surface area contributed by atoms with Gasteiger partial charge >= 0.3 is 0 Å². The Labute approximate surface area is 109 Å². The molecule has 1 unspecified atom stereocenters. The number of ketones is 1. The van der Waals surface area contributed by atoms with Crippen molar-refractivity contribution in [3.63, 3.8) is 0 Å². The number of rotatable bonds is 5. The lowest BCUT2D eigenvalue weighted by Crippen LogP contribution is -2.15. The van der Waals surface area contributed by atoms with Gasteiger partial charge in [0.25, 0.3) is 0 Å². The summed E-state index contributed by atoms with van der Waals surface area (Å²) >= 11 is 0. The van der Waals surface area contributed by atoms with Crippen molar-refractivity contribution in [1.29, 1.82) is 0 Å². The second-order valence-electron chi connectivity index (χ2n) is 4.71. The molecule has 0 saturated heterocycles. The third kappa shape index (κ3) is 2.88. The van der Waals surface area contributed by atoms with Gasteiger partial charge in [0.2, 0.25) is 0 Å². The summed E-state index contributed by atoms with van der Waals surface area (Å²) in [6.07, 6.45) is 1.46. The minimum absolute atomic E-state index is 0.0711. The minimum atomic E-state index is -1.10. The second-order valence-corrected chi connectivity index (χ2v) is 6.22. The minimum Gasteiger partial charge on any atom is -0.464 e. The predicted octanol–water partition coefficient (Wildman–Crippen LogP) is 3.02. The van der Waals surface area contributed by atoms with E-state index in [1.54, 1.807) is 0 Å². The van der Waals surface area contributed by atoms with E-state index in [-0.39, 0.29) is 11.5 Å². The zero-order valence-electron chi connectivity index (χ0n) is 10.5. The van der Waals surface area contributed by atoms with Crippen molar-refractivity contribution < 1.29 is 13.4 Å². The van der Waals surface area contributed by atoms with Crippen molar-refractivity contribution in [3.8, 4) is 0 Å². The van der Waals surface area contributed by atoms with Crippen molar-refractivity contribution in [1.82, 2.24) is 0 Å². The molecular weight excluding hydrogens is 248 g/mol. The summed E-state index contributed by atoms with van der Waals surface area (Å²) in [6.45, 7) is 3.99. The third-order valence-corrected chi connectivity index (χ3v) is 4.22. The first-order valence-corrected chi connectivity index (χ1v) is 7.41. The van der Waals surface area contributed by atoms with E-state index < -0.39 is 10.8 Å². The molecule has 96 valence electrons. The molecule has 0 radical (unpaired) electrons. The van der Waals surface area contributed by atoms with E-state index in [4.69, 9.17) is 4.42 Å². The molecule has 0 saturated carbocycles. The number of hydrogen-bond acceptors (Lipinski definition) is 3. The van der Waals surface area contributed by atoms with Crippen LogP contribution in [0.4, 0.5) is 0 Å². The molecule has 4 heteroatoms. The van der Waals surface area contributed by atoms with Gasteiger partial charge < -0.3 is 4.42 Å². The lowest BCUT2D eigenvalue weighted by Gasteiger charge is -2.03. The average molecular weight is 264 g/mol. The van der Waals surface area contributed by atoms with Crippen LogP contribution >= 0.6 is 0 Å². The number of carbonyl (C=O) groups is 1. The molecule has 2 aromatic rings. The number of Topliss-reactive ketones (excluding diaryl/α,β-unsaturated/α-hetero) is 1. The van der Waals surface area contributed by atoms with Crippen LogP contribution in [-0.4, -0.2) is 21.5 Å². The van der Waals surface area contributed by atoms with Crippen LogP contribution < -0.4 is 0 Å². The fraction of sp³-hybridized carbons (Fsp3) is 0.357. The summed E-state index contributed by atoms with van der Waals surface area (Å²) in [6, 6.07) is 7.38. The predicted molar refractivity (Wildman–Crippen MR) is 73.3 cm³/mol. The van der Waals surface area contributed by atoms with Crippen molar-refractivity contribution in [2.75, 3.05) is 11.5 Å². The summed E-state index contributed by atoms with van der Waals surface area (Å²) in [5.74, 6) is 0.849. The first-order chi connectivity index (χ1) is 8.58. The summed E-state index contributed by atoms with van der Waals surface area (Å²) in [4.78, 5) is 12.1. The molecule has 2 rings (SSSR count). The highest BCUT2D eigenvalue weighted by Crippen LogP contribution is 2.21. The summed E-state index contributed by atoms with van der Waals surface area (Å²) in [5, 5.41) is 0.795. The Morgan fingerprint density at radius 3 is 2.78 bits per heavy atom. The molecule has 0 aliphatic heterocycles. The Hall–Kier alpha value is -1.42. The summed E-state index contributed by atoms with van der Waals surface area (Å²) in [7, 11) is -1.10. The summed E-state index contributed by atoms with van der Waals surface area (Å²) < 4.78 is 17.1. The van der Waals surface area contributed by atoms with E-state index >= 15 is 0 Å². The highest BCUT2D eigenvalue weighted by atomic mass is 32.2. The third-order valence-electron chi connectivity index (χ3n) is 2.59. The zero-order chi connectivity index (χ0) is 13.1. The van der Waals surface area contributed by atoms with Crippen molar-refractivity contribution in [3.05, 3.63) is 36.1 Å². The molecule has 0 amide bonds. The molecule has 1 aromatic carbocycles. The molecule has 1 atom stereocenters. The topological polar surface area (TPSA) is 47.3 Å². The van der Waals surface area contributed by atoms with Gasteiger partial charge in [-0.25, -0.2) is 0 Å². The van der Waals surface area contributed by atoms with Crippen LogP contribution in [0, 0.1) is 5.92 Å². The molecule has 0 bridgehead atoms. The van der Waals surface area contributed by atoms with Crippen LogP contribution in [-0.2, 0) is 10.8 Å². The van der Waals surface area contributed by atoms with Crippen molar-refractivity contribution in [2.45, 2.75) is 13.8 Å². The number of fused-ring (bicyclic) bond motifs is 1. The van der Waals surface area contributed by atoms with E-state index in [2.05, 4.69) is 0 Å². The molecule has 1 heterocycles. The molecule has 0 fully saturated rings. The van der Waals surface area contributed by atoms with Gasteiger partial charge in [-0.1, -0.05) is 32.0 Å². The van der Waals surface area contributed by atoms with Crippen molar-refractivity contribution in [2.24, 2.45) is 5.92 Å². The normalized spacial score (nSPS) is 13.1. The Bertz CT molecular complexity index is 583. The van der Waals surface area contributed by atoms with Gasteiger partial charge in [0.05, 0.1) is 11.3 Å². The first kappa shape index (κ1) is 13.0. The Balaban J connectivity index is 2.16. The maximum Gasteiger partial charge on any atom is 0.179 e. The number of para-hydroxylation sites is 1. The second kappa shape index (κ2) is 5.48. The molecule has 1 aromatic heterocycles. The number of hydrogen-bond donors (Lipinski definition) is 0. The summed E-state index contributed by atoms with van der Waals surface area (Å²) in [5.41, 5.74) is 1.22. The van der Waals surface area contributed by atoms with E-state index in [0.717, 1.165) is 5.39 Å². The highest BCUT2D eigenvalue weighted by Gasteiger charge is 2.16. The van der Waals surface area contributed by atoms with Gasteiger partial charge in [-0.2, -0.15) is 0 Å². The van der Waals surface area contributed by atoms with Gasteiger partial charge in [0.15, 0.2) is 5.78 Å². The highest BCUT2D eigenvalue weighted by molar-refractivity contribution is 7.85. The fourth-order valence-corrected chi connectivity index (χ4v) is 3.16. The lowest BCUT2D eigenvalue weighted by molar-refractivity contribution is 0.102. The Morgan fingerprint density at radius 2 is 2.06 bits per heavy atom. The fourth-order valence-electron chi connectivity index (χ4n) is 1.85. The molecule has 18 heavy (non-hydrogen) atoms. The Morgan fingerprint density at radius 1 is 1.33 bits per heavy atom. The average Bonchev–Trinajstić information content (AvgIpc) is 2.71. The molecular formula is C14H16O3S. The van der Waals surface area contributed by atoms with Crippen LogP contribution in [0.2, 0.25) is 0 Å². The smallest absolute Gasteiger partial charge is 0.179 e. The van der Waals surface area contributed by atoms with Crippen LogP contribution in [0.1, 0.15) is 24.2 Å². The van der Waals surface area contributed by atoms with E-state index in [1.165, 1.54) is 6.26 Å². The maximum absolute atomic E-state index is 12.1. The van der Waals surface area contributed by atoms with Gasteiger partial charge in [-0.05, 0) is 12.0 Å². The van der Waals surface area contributed by atoms with Gasteiger partial charge in [-0.15, -0.1) is 0 Å². The van der Waals surface area contributed by atoms with Crippen LogP contribution in [0.15, 0.2) is 34.9 Å². The molecule has 0 aliphatic rings. The van der Waals surface area contributed by atoms with E-state index in [9.17, 15) is 9.00 Å². The largest absolute Gasteiger partial charge is 0.464 e. The Kier molecular flexibility index (Phi) is 3.97. The van der Waals surface area contributed by atoms with Crippen LogP contribution in [0.3, 0.4) is 0 Å². The number of furan rings is 1. The monoisotopic (exact) mass is 264 g/mol. The quantitative estimate of drug-likeness (QED) is 0.780. The SMILES string of the molecule is CC(C)CS(=O)CC(=O)c1coc2ccccc12. The molecule has 0 N–H and O–H groups in total. The lowest BCUT2D eigenvalue weighted by atomic mass is 10.1. The maximum atomic E-state index is 12.1. The van der Waals surface area contributed by atoms with Crippen LogP contribution in [0.5, 0.6) is 0 Å². The molecule has 3 nitrogen and oxygen atoms in total. The van der Waals surface area contributed by atoms with E-state index in [0.29, 0.717) is 22.8 Å². The van der Waals surface area contributed by atoms with E-state index in [1.807, 2.05) is 38.1 Å². The standard InChI is InChI=1S/C14H16O3S/c1-10(2)8-18(16)9-13(15)12-7-17-14-6-4-3-5-11(12)14/h3-7,10H,8-9H2,1-2H3. The van der Waals surface area contributed by atoms with Gasteiger partial charge in [-0.3, -0.25) is 9.00 Å². The van der Waals surface area contributed by atoms with Crippen molar-refractivity contribution >= 4 is 27.6 Å². The van der Waals surface area contributed by atoms with Gasteiger partial charge in [0.1, 0.15) is 11.8 Å². The number of carbonyl (C=O) groups excluding carboxylic acids is 1. The first-order valence-electron chi connectivity index (χ1n) is 5.92. The molecule has 0 aliphatic carbocycles. The number of benzene rings is 1.